The third-order valence-electron chi connectivity index (χ3n) is 2.66. The maximum atomic E-state index is 12.7. The first-order valence-electron chi connectivity index (χ1n) is 6.10. The van der Waals surface area contributed by atoms with Gasteiger partial charge in [-0.1, -0.05) is 0 Å². The third kappa shape index (κ3) is 5.34. The van der Waals surface area contributed by atoms with E-state index in [9.17, 15) is 31.1 Å². The molecular formula is C12H12BrF6N3O. The van der Waals surface area contributed by atoms with Gasteiger partial charge in [-0.05, 0) is 36.1 Å². The van der Waals surface area contributed by atoms with E-state index in [1.165, 1.54) is 4.90 Å². The van der Waals surface area contributed by atoms with E-state index in [2.05, 4.69) is 20.9 Å². The summed E-state index contributed by atoms with van der Waals surface area (Å²) in [6, 6.07) is 0.578. The normalized spacial score (nSPS) is 12.6. The van der Waals surface area contributed by atoms with Crippen molar-refractivity contribution in [2.75, 3.05) is 32.1 Å². The summed E-state index contributed by atoms with van der Waals surface area (Å²) in [5, 5.41) is 0. The summed E-state index contributed by atoms with van der Waals surface area (Å²) < 4.78 is 75.4. The molecule has 0 spiro atoms. The number of anilines is 1. The van der Waals surface area contributed by atoms with Crippen LogP contribution in [0.3, 0.4) is 0 Å². The van der Waals surface area contributed by atoms with Gasteiger partial charge < -0.3 is 4.90 Å². The van der Waals surface area contributed by atoms with Gasteiger partial charge in [-0.25, -0.2) is 4.98 Å². The number of nitrogens with zero attached hydrogens (tertiary/aromatic N) is 3. The van der Waals surface area contributed by atoms with Gasteiger partial charge >= 0.3 is 18.3 Å². The zero-order valence-corrected chi connectivity index (χ0v) is 13.6. The predicted octanol–water partition coefficient (Wildman–Crippen LogP) is 3.32. The number of likely N-dealkylation sites (N-methyl/N-ethyl adjacent to an activating group) is 1. The van der Waals surface area contributed by atoms with E-state index in [0.29, 0.717) is 17.2 Å². The number of carbonyl (C=O) groups excluding carboxylic acids is 1. The molecule has 1 heterocycles. The summed E-state index contributed by atoms with van der Waals surface area (Å²) in [6.45, 7) is -0.320. The Morgan fingerprint density at radius 2 is 1.74 bits per heavy atom. The van der Waals surface area contributed by atoms with Gasteiger partial charge in [-0.2, -0.15) is 26.3 Å². The van der Waals surface area contributed by atoms with Gasteiger partial charge in [0.2, 0.25) is 0 Å². The molecule has 0 fully saturated rings. The standard InChI is InChI=1S/C12H12BrF6N3O/c1-21(2)3-4-22(10(23)12(17,18)19)9-8(13)5-7(6-20-9)11(14,15)16/h5-6H,3-4H2,1-2H3. The van der Waals surface area contributed by atoms with Crippen molar-refractivity contribution >= 4 is 27.7 Å². The fourth-order valence-corrected chi connectivity index (χ4v) is 2.10. The zero-order chi connectivity index (χ0) is 18.0. The Hall–Kier alpha value is -1.36. The maximum absolute atomic E-state index is 12.7. The average molecular weight is 408 g/mol. The van der Waals surface area contributed by atoms with Crippen molar-refractivity contribution in [3.63, 3.8) is 0 Å². The van der Waals surface area contributed by atoms with E-state index in [1.807, 2.05) is 0 Å². The molecule has 1 amide bonds. The van der Waals surface area contributed by atoms with Crippen molar-refractivity contribution in [1.82, 2.24) is 9.88 Å². The lowest BCUT2D eigenvalue weighted by atomic mass is 10.2. The zero-order valence-electron chi connectivity index (χ0n) is 12.0. The van der Waals surface area contributed by atoms with Gasteiger partial charge in [-0.3, -0.25) is 9.69 Å². The lowest BCUT2D eigenvalue weighted by Crippen LogP contribution is -2.45. The molecule has 0 bridgehead atoms. The van der Waals surface area contributed by atoms with Gasteiger partial charge in [0.15, 0.2) is 0 Å². The predicted molar refractivity (Wildman–Crippen MR) is 73.9 cm³/mol. The summed E-state index contributed by atoms with van der Waals surface area (Å²) in [5.74, 6) is -2.73. The van der Waals surface area contributed by atoms with Gasteiger partial charge in [0.1, 0.15) is 5.82 Å². The molecule has 0 unspecified atom stereocenters. The van der Waals surface area contributed by atoms with Crippen molar-refractivity contribution in [2.24, 2.45) is 0 Å². The van der Waals surface area contributed by atoms with E-state index in [-0.39, 0.29) is 17.6 Å². The maximum Gasteiger partial charge on any atom is 0.471 e. The summed E-state index contributed by atoms with van der Waals surface area (Å²) in [4.78, 5) is 16.7. The van der Waals surface area contributed by atoms with Crippen LogP contribution in [0, 0.1) is 0 Å². The fraction of sp³-hybridized carbons (Fsp3) is 0.500. The van der Waals surface area contributed by atoms with Crippen LogP contribution in [-0.2, 0) is 11.0 Å². The van der Waals surface area contributed by atoms with Gasteiger partial charge in [0.05, 0.1) is 10.0 Å². The van der Waals surface area contributed by atoms with E-state index >= 15 is 0 Å². The molecule has 1 rings (SSSR count). The van der Waals surface area contributed by atoms with Crippen molar-refractivity contribution in [2.45, 2.75) is 12.4 Å². The Morgan fingerprint density at radius 1 is 1.17 bits per heavy atom. The number of amides is 1. The molecule has 4 nitrogen and oxygen atoms in total. The highest BCUT2D eigenvalue weighted by molar-refractivity contribution is 9.10. The number of rotatable bonds is 4. The number of alkyl halides is 6. The first-order chi connectivity index (χ1) is 10.3. The highest BCUT2D eigenvalue weighted by atomic mass is 79.9. The van der Waals surface area contributed by atoms with Crippen LogP contribution >= 0.6 is 15.9 Å². The Labute approximate surface area is 136 Å². The van der Waals surface area contributed by atoms with Crippen molar-refractivity contribution in [3.8, 4) is 0 Å². The Balaban J connectivity index is 3.24. The van der Waals surface area contributed by atoms with E-state index < -0.39 is 29.6 Å². The fourth-order valence-electron chi connectivity index (χ4n) is 1.54. The van der Waals surface area contributed by atoms with Crippen LogP contribution in [0.2, 0.25) is 0 Å². The molecular weight excluding hydrogens is 396 g/mol. The molecule has 23 heavy (non-hydrogen) atoms. The number of hydrogen-bond acceptors (Lipinski definition) is 3. The van der Waals surface area contributed by atoms with Gasteiger partial charge in [0, 0.05) is 19.3 Å². The van der Waals surface area contributed by atoms with Crippen LogP contribution in [0.15, 0.2) is 16.7 Å². The quantitative estimate of drug-likeness (QED) is 0.718. The lowest BCUT2D eigenvalue weighted by Gasteiger charge is -2.25. The molecule has 0 N–H and O–H groups in total. The van der Waals surface area contributed by atoms with Gasteiger partial charge in [0.25, 0.3) is 0 Å². The van der Waals surface area contributed by atoms with Crippen LogP contribution < -0.4 is 4.90 Å². The monoisotopic (exact) mass is 407 g/mol. The minimum Gasteiger partial charge on any atom is -0.308 e. The van der Waals surface area contributed by atoms with Crippen LogP contribution in [0.25, 0.3) is 0 Å². The van der Waals surface area contributed by atoms with Crippen LogP contribution in [0.4, 0.5) is 32.2 Å². The highest BCUT2D eigenvalue weighted by Crippen LogP contribution is 2.34. The second kappa shape index (κ2) is 7.04. The van der Waals surface area contributed by atoms with Crippen LogP contribution in [0.1, 0.15) is 5.56 Å². The molecule has 1 aromatic rings. The minimum absolute atomic E-state index is 0.0664. The number of aromatic nitrogens is 1. The van der Waals surface area contributed by atoms with Crippen molar-refractivity contribution in [3.05, 3.63) is 22.3 Å². The van der Waals surface area contributed by atoms with Crippen molar-refractivity contribution < 1.29 is 31.1 Å². The highest BCUT2D eigenvalue weighted by Gasteiger charge is 2.44. The van der Waals surface area contributed by atoms with Crippen molar-refractivity contribution in [1.29, 1.82) is 0 Å². The molecule has 0 aromatic carbocycles. The molecule has 0 aliphatic carbocycles. The first kappa shape index (κ1) is 19.7. The van der Waals surface area contributed by atoms with Crippen LogP contribution in [0.5, 0.6) is 0 Å². The topological polar surface area (TPSA) is 36.4 Å². The van der Waals surface area contributed by atoms with E-state index in [4.69, 9.17) is 0 Å². The second-order valence-electron chi connectivity index (χ2n) is 4.79. The largest absolute Gasteiger partial charge is 0.471 e. The summed E-state index contributed by atoms with van der Waals surface area (Å²) in [6.07, 6.45) is -9.49. The average Bonchev–Trinajstić information content (AvgIpc) is 2.37. The lowest BCUT2D eigenvalue weighted by molar-refractivity contribution is -0.170. The van der Waals surface area contributed by atoms with E-state index in [0.717, 1.165) is 0 Å². The number of hydrogen-bond donors (Lipinski definition) is 0. The Kier molecular flexibility index (Phi) is 6.02. The SMILES string of the molecule is CN(C)CCN(C(=O)C(F)(F)F)c1ncc(C(F)(F)F)cc1Br. The molecule has 0 saturated heterocycles. The summed E-state index contributed by atoms with van der Waals surface area (Å²) >= 11 is 2.74. The molecule has 11 heteroatoms. The smallest absolute Gasteiger partial charge is 0.308 e. The van der Waals surface area contributed by atoms with E-state index in [1.54, 1.807) is 14.1 Å². The second-order valence-corrected chi connectivity index (χ2v) is 5.64. The Bertz CT molecular complexity index is 573. The number of carbonyl (C=O) groups is 1. The molecule has 0 saturated carbocycles. The molecule has 0 aliphatic rings. The van der Waals surface area contributed by atoms with Crippen LogP contribution in [-0.4, -0.2) is 49.2 Å². The number of halogens is 7. The molecule has 0 aliphatic heterocycles. The first-order valence-corrected chi connectivity index (χ1v) is 6.89. The number of pyridine rings is 1. The van der Waals surface area contributed by atoms with Gasteiger partial charge in [-0.15, -0.1) is 0 Å². The third-order valence-corrected chi connectivity index (χ3v) is 3.25. The molecule has 130 valence electrons. The Morgan fingerprint density at radius 3 is 2.13 bits per heavy atom. The molecule has 0 atom stereocenters. The summed E-state index contributed by atoms with van der Waals surface area (Å²) in [5.41, 5.74) is -1.14. The molecule has 0 radical (unpaired) electrons. The molecule has 1 aromatic heterocycles. The summed E-state index contributed by atoms with van der Waals surface area (Å²) in [7, 11) is 3.15. The minimum atomic E-state index is -5.17.